The van der Waals surface area contributed by atoms with Crippen molar-refractivity contribution >= 4 is 0 Å². The number of nitrogens with zero attached hydrogens (tertiary/aromatic N) is 4. The summed E-state index contributed by atoms with van der Waals surface area (Å²) in [6.45, 7) is 14.0. The van der Waals surface area contributed by atoms with E-state index in [2.05, 4.69) is 55.1 Å². The molecule has 5 nitrogen and oxygen atoms in total. The van der Waals surface area contributed by atoms with Crippen molar-refractivity contribution in [3.63, 3.8) is 0 Å². The van der Waals surface area contributed by atoms with Crippen LogP contribution in [0.1, 0.15) is 46.4 Å². The third-order valence-corrected chi connectivity index (χ3v) is 3.82. The van der Waals surface area contributed by atoms with Crippen LogP contribution >= 0.6 is 0 Å². The zero-order chi connectivity index (χ0) is 13.8. The molecular weight excluding hydrogens is 226 g/mol. The third kappa shape index (κ3) is 2.72. The average Bonchev–Trinajstić information content (AvgIpc) is 2.79. The second-order valence-corrected chi connectivity index (χ2v) is 5.02. The summed E-state index contributed by atoms with van der Waals surface area (Å²) < 4.78 is 1.96. The molecule has 0 aliphatic carbocycles. The first-order valence-electron chi connectivity index (χ1n) is 6.83. The van der Waals surface area contributed by atoms with E-state index in [1.807, 2.05) is 17.9 Å². The van der Waals surface area contributed by atoms with Gasteiger partial charge in [-0.2, -0.15) is 0 Å². The average molecular weight is 253 g/mol. The number of aromatic nitrogens is 3. The number of aryl methyl sites for hydroxylation is 1. The fraction of sp³-hybridized carbons (Fsp3) is 0.846. The van der Waals surface area contributed by atoms with Crippen LogP contribution in [0, 0.1) is 0 Å². The Morgan fingerprint density at radius 1 is 1.33 bits per heavy atom. The molecule has 0 radical (unpaired) electrons. The lowest BCUT2D eigenvalue weighted by Crippen LogP contribution is -2.52. The predicted molar refractivity (Wildman–Crippen MR) is 74.5 cm³/mol. The van der Waals surface area contributed by atoms with Crippen LogP contribution in [-0.4, -0.2) is 45.6 Å². The molecule has 0 saturated carbocycles. The van der Waals surface area contributed by atoms with Crippen molar-refractivity contribution in [2.24, 2.45) is 0 Å². The molecule has 0 spiro atoms. The monoisotopic (exact) mass is 253 g/mol. The van der Waals surface area contributed by atoms with E-state index >= 15 is 0 Å². The van der Waals surface area contributed by atoms with Gasteiger partial charge in [-0.25, -0.2) is 4.68 Å². The number of rotatable bonds is 7. The molecule has 5 heteroatoms. The van der Waals surface area contributed by atoms with Gasteiger partial charge in [-0.05, 0) is 40.9 Å². The minimum absolute atomic E-state index is 0.0207. The van der Waals surface area contributed by atoms with Crippen LogP contribution in [0.4, 0.5) is 0 Å². The first-order valence-corrected chi connectivity index (χ1v) is 6.83. The quantitative estimate of drug-likeness (QED) is 0.803. The molecule has 1 unspecified atom stereocenters. The van der Waals surface area contributed by atoms with Crippen molar-refractivity contribution in [3.05, 3.63) is 11.9 Å². The minimum atomic E-state index is 0.0207. The van der Waals surface area contributed by atoms with Gasteiger partial charge in [-0.3, -0.25) is 4.90 Å². The largest absolute Gasteiger partial charge is 0.310 e. The molecule has 1 rings (SSSR count). The Bertz CT molecular complexity index is 354. The molecule has 1 heterocycles. The van der Waals surface area contributed by atoms with E-state index in [0.717, 1.165) is 25.3 Å². The van der Waals surface area contributed by atoms with E-state index < -0.39 is 0 Å². The fourth-order valence-corrected chi connectivity index (χ4v) is 2.82. The lowest BCUT2D eigenvalue weighted by molar-refractivity contribution is 0.0908. The van der Waals surface area contributed by atoms with Crippen molar-refractivity contribution in [2.75, 3.05) is 20.1 Å². The Balaban J connectivity index is 3.09. The molecule has 0 bridgehead atoms. The maximum Gasteiger partial charge on any atom is 0.0775 e. The van der Waals surface area contributed by atoms with Crippen molar-refractivity contribution < 1.29 is 0 Å². The molecule has 0 saturated heterocycles. The summed E-state index contributed by atoms with van der Waals surface area (Å²) in [6.07, 6.45) is 1.87. The topological polar surface area (TPSA) is 46.0 Å². The van der Waals surface area contributed by atoms with Gasteiger partial charge in [0.2, 0.25) is 0 Å². The molecule has 0 fully saturated rings. The highest BCUT2D eigenvalue weighted by Gasteiger charge is 2.36. The van der Waals surface area contributed by atoms with Crippen LogP contribution in [0.5, 0.6) is 0 Å². The van der Waals surface area contributed by atoms with Gasteiger partial charge in [0.25, 0.3) is 0 Å². The molecule has 1 atom stereocenters. The van der Waals surface area contributed by atoms with E-state index in [0.29, 0.717) is 0 Å². The highest BCUT2D eigenvalue weighted by Crippen LogP contribution is 2.30. The molecule has 18 heavy (non-hydrogen) atoms. The van der Waals surface area contributed by atoms with Crippen molar-refractivity contribution in [3.8, 4) is 0 Å². The summed E-state index contributed by atoms with van der Waals surface area (Å²) in [6, 6.07) is 0.215. The van der Waals surface area contributed by atoms with Crippen LogP contribution in [0.3, 0.4) is 0 Å². The number of hydrogen-bond acceptors (Lipinski definition) is 4. The first kappa shape index (κ1) is 15.1. The van der Waals surface area contributed by atoms with Gasteiger partial charge < -0.3 is 5.32 Å². The predicted octanol–water partition coefficient (Wildman–Crippen LogP) is 1.68. The van der Waals surface area contributed by atoms with E-state index in [1.54, 1.807) is 0 Å². The van der Waals surface area contributed by atoms with Gasteiger partial charge in [-0.15, -0.1) is 5.10 Å². The summed E-state index contributed by atoms with van der Waals surface area (Å²) in [5.41, 5.74) is 1.17. The van der Waals surface area contributed by atoms with Gasteiger partial charge in [-0.1, -0.05) is 19.1 Å². The Hall–Kier alpha value is -0.940. The van der Waals surface area contributed by atoms with Crippen LogP contribution in [0.15, 0.2) is 6.20 Å². The Morgan fingerprint density at radius 3 is 2.39 bits per heavy atom. The molecule has 0 aliphatic heterocycles. The summed E-state index contributed by atoms with van der Waals surface area (Å²) in [4.78, 5) is 2.46. The summed E-state index contributed by atoms with van der Waals surface area (Å²) in [5.74, 6) is 0. The molecule has 0 aliphatic rings. The summed E-state index contributed by atoms with van der Waals surface area (Å²) in [7, 11) is 2.00. The van der Waals surface area contributed by atoms with Gasteiger partial charge >= 0.3 is 0 Å². The van der Waals surface area contributed by atoms with Gasteiger partial charge in [0.05, 0.1) is 17.9 Å². The molecular formula is C13H27N5. The zero-order valence-electron chi connectivity index (χ0n) is 12.6. The van der Waals surface area contributed by atoms with Crippen molar-refractivity contribution in [1.82, 2.24) is 25.2 Å². The molecule has 1 aromatic heterocycles. The van der Waals surface area contributed by atoms with Gasteiger partial charge in [0.15, 0.2) is 0 Å². The fourth-order valence-electron chi connectivity index (χ4n) is 2.82. The van der Waals surface area contributed by atoms with E-state index in [9.17, 15) is 0 Å². The highest BCUT2D eigenvalue weighted by atomic mass is 15.4. The summed E-state index contributed by atoms with van der Waals surface area (Å²) in [5, 5.41) is 11.6. The Morgan fingerprint density at radius 2 is 1.94 bits per heavy atom. The van der Waals surface area contributed by atoms with E-state index in [-0.39, 0.29) is 11.6 Å². The van der Waals surface area contributed by atoms with Gasteiger partial charge in [0.1, 0.15) is 0 Å². The van der Waals surface area contributed by atoms with Crippen molar-refractivity contribution in [2.45, 2.75) is 52.7 Å². The number of likely N-dealkylation sites (N-methyl/N-ethyl adjacent to an activating group) is 2. The Labute approximate surface area is 111 Å². The molecule has 0 aromatic carbocycles. The van der Waals surface area contributed by atoms with Crippen LogP contribution in [0.2, 0.25) is 0 Å². The second kappa shape index (κ2) is 6.29. The smallest absolute Gasteiger partial charge is 0.0775 e. The first-order chi connectivity index (χ1) is 8.52. The maximum atomic E-state index is 4.14. The second-order valence-electron chi connectivity index (χ2n) is 5.02. The molecule has 1 aromatic rings. The van der Waals surface area contributed by atoms with Crippen LogP contribution in [0.25, 0.3) is 0 Å². The molecule has 0 amide bonds. The minimum Gasteiger partial charge on any atom is -0.310 e. The third-order valence-electron chi connectivity index (χ3n) is 3.82. The maximum absolute atomic E-state index is 4.14. The van der Waals surface area contributed by atoms with Crippen molar-refractivity contribution in [1.29, 1.82) is 0 Å². The normalized spacial score (nSPS) is 14.2. The SMILES string of the molecule is CCN(CC)C(C)(C)C(NC)c1cnnn1CC. The van der Waals surface area contributed by atoms with Crippen LogP contribution in [-0.2, 0) is 6.54 Å². The lowest BCUT2D eigenvalue weighted by Gasteiger charge is -2.43. The standard InChI is InChI=1S/C13H27N5/c1-7-17(8-2)13(4,5)12(14-6)11-10-15-16-18(11)9-3/h10,12,14H,7-9H2,1-6H3. The number of nitrogens with one attached hydrogen (secondary N) is 1. The number of hydrogen-bond donors (Lipinski definition) is 1. The molecule has 104 valence electrons. The molecule has 1 N–H and O–H groups in total. The highest BCUT2D eigenvalue weighted by molar-refractivity contribution is 5.10. The Kier molecular flexibility index (Phi) is 5.28. The van der Waals surface area contributed by atoms with E-state index in [4.69, 9.17) is 0 Å². The zero-order valence-corrected chi connectivity index (χ0v) is 12.6. The van der Waals surface area contributed by atoms with Gasteiger partial charge in [0, 0.05) is 12.1 Å². The van der Waals surface area contributed by atoms with E-state index in [1.165, 1.54) is 0 Å². The summed E-state index contributed by atoms with van der Waals surface area (Å²) >= 11 is 0. The lowest BCUT2D eigenvalue weighted by atomic mass is 9.90. The van der Waals surface area contributed by atoms with Crippen LogP contribution < -0.4 is 5.32 Å².